The van der Waals surface area contributed by atoms with Crippen LogP contribution in [0.5, 0.6) is 11.5 Å². The summed E-state index contributed by atoms with van der Waals surface area (Å²) in [5.74, 6) is 1.69. The summed E-state index contributed by atoms with van der Waals surface area (Å²) in [5.41, 5.74) is 0. The van der Waals surface area contributed by atoms with Crippen LogP contribution in [0.2, 0.25) is 0 Å². The molecular formula is C7H7FO2. The van der Waals surface area contributed by atoms with Crippen LogP contribution >= 0.6 is 0 Å². The van der Waals surface area contributed by atoms with Crippen molar-refractivity contribution in [2.45, 2.75) is 0 Å². The highest BCUT2D eigenvalue weighted by Gasteiger charge is 2.09. The molecule has 1 aromatic carbocycles. The monoisotopic (exact) mass is 142 g/mol. The van der Waals surface area contributed by atoms with Crippen molar-refractivity contribution < 1.29 is 14.2 Å². The van der Waals surface area contributed by atoms with Gasteiger partial charge in [0.15, 0.2) is 11.5 Å². The molecule has 0 atom stereocenters. The number of fused-ring (bicyclic) bond motifs is 1. The fourth-order valence-electron chi connectivity index (χ4n) is 0.845. The van der Waals surface area contributed by atoms with E-state index in [0.29, 0.717) is 6.79 Å². The first-order valence-electron chi connectivity index (χ1n) is 2.81. The highest BCUT2D eigenvalue weighted by Crippen LogP contribution is 2.30. The number of para-hydroxylation sites is 2. The highest BCUT2D eigenvalue weighted by molar-refractivity contribution is 5.40. The first-order chi connectivity index (χ1) is 4.47. The lowest BCUT2D eigenvalue weighted by molar-refractivity contribution is 0.174. The van der Waals surface area contributed by atoms with E-state index in [-0.39, 0.29) is 4.70 Å². The summed E-state index contributed by atoms with van der Waals surface area (Å²) >= 11 is 0. The Morgan fingerprint density at radius 3 is 2.00 bits per heavy atom. The van der Waals surface area contributed by atoms with Crippen LogP contribution in [-0.4, -0.2) is 6.79 Å². The maximum Gasteiger partial charge on any atom is 0.231 e. The van der Waals surface area contributed by atoms with Crippen molar-refractivity contribution in [1.82, 2.24) is 0 Å². The fraction of sp³-hybridized carbons (Fsp3) is 0.143. The van der Waals surface area contributed by atoms with Crippen LogP contribution in [0.3, 0.4) is 0 Å². The molecule has 0 fully saturated rings. The second-order valence-corrected chi connectivity index (χ2v) is 1.85. The predicted molar refractivity (Wildman–Crippen MR) is 35.1 cm³/mol. The van der Waals surface area contributed by atoms with Crippen molar-refractivity contribution in [2.24, 2.45) is 0 Å². The van der Waals surface area contributed by atoms with Crippen LogP contribution in [0.1, 0.15) is 0 Å². The molecule has 0 bridgehead atoms. The van der Waals surface area contributed by atoms with Crippen molar-refractivity contribution in [3.63, 3.8) is 0 Å². The van der Waals surface area contributed by atoms with Gasteiger partial charge in [0.2, 0.25) is 6.79 Å². The number of hydrogen-bond donors (Lipinski definition) is 0. The molecule has 0 aliphatic carbocycles. The summed E-state index contributed by atoms with van der Waals surface area (Å²) in [6, 6.07) is 7.63. The average molecular weight is 142 g/mol. The van der Waals surface area contributed by atoms with Gasteiger partial charge >= 0.3 is 0 Å². The lowest BCUT2D eigenvalue weighted by Crippen LogP contribution is -1.92. The summed E-state index contributed by atoms with van der Waals surface area (Å²) in [7, 11) is 0. The minimum Gasteiger partial charge on any atom is -0.454 e. The highest BCUT2D eigenvalue weighted by atomic mass is 19.0. The maximum atomic E-state index is 5.08. The average Bonchev–Trinajstić information content (AvgIpc) is 2.33. The van der Waals surface area contributed by atoms with Crippen LogP contribution < -0.4 is 9.47 Å². The molecule has 10 heavy (non-hydrogen) atoms. The van der Waals surface area contributed by atoms with Crippen molar-refractivity contribution in [2.75, 3.05) is 6.79 Å². The van der Waals surface area contributed by atoms with E-state index in [1.165, 1.54) is 0 Å². The minimum absolute atomic E-state index is 0. The van der Waals surface area contributed by atoms with Gasteiger partial charge in [0, 0.05) is 0 Å². The smallest absolute Gasteiger partial charge is 0.231 e. The molecular weight excluding hydrogens is 135 g/mol. The first kappa shape index (κ1) is 6.86. The fourth-order valence-corrected chi connectivity index (χ4v) is 0.845. The van der Waals surface area contributed by atoms with E-state index in [0.717, 1.165) is 11.5 Å². The van der Waals surface area contributed by atoms with Crippen LogP contribution in [0.4, 0.5) is 4.70 Å². The van der Waals surface area contributed by atoms with Gasteiger partial charge in [-0.2, -0.15) is 0 Å². The Bertz CT molecular complexity index is 202. The standard InChI is InChI=1S/C7H6O2.FH/c1-2-4-7-6(3-1)8-5-9-7;/h1-4H,5H2;1H. The van der Waals surface area contributed by atoms with Crippen LogP contribution in [0.25, 0.3) is 0 Å². The van der Waals surface area contributed by atoms with Crippen molar-refractivity contribution in [3.05, 3.63) is 24.3 Å². The van der Waals surface area contributed by atoms with E-state index in [1.54, 1.807) is 0 Å². The van der Waals surface area contributed by atoms with Gasteiger partial charge in [0.1, 0.15) is 0 Å². The number of ether oxygens (including phenoxy) is 2. The molecule has 54 valence electrons. The zero-order valence-electron chi connectivity index (χ0n) is 5.24. The molecule has 3 heteroatoms. The Hall–Kier alpha value is -1.25. The lowest BCUT2D eigenvalue weighted by Gasteiger charge is -1.89. The van der Waals surface area contributed by atoms with E-state index < -0.39 is 0 Å². The number of halogens is 1. The molecule has 1 heterocycles. The van der Waals surface area contributed by atoms with Gasteiger partial charge in [0.25, 0.3) is 0 Å². The molecule has 0 radical (unpaired) electrons. The van der Waals surface area contributed by atoms with Crippen LogP contribution in [-0.2, 0) is 0 Å². The molecule has 0 aromatic heterocycles. The summed E-state index contributed by atoms with van der Waals surface area (Å²) in [6.07, 6.45) is 0. The molecule has 1 aliphatic rings. The second-order valence-electron chi connectivity index (χ2n) is 1.85. The summed E-state index contributed by atoms with van der Waals surface area (Å²) in [5, 5.41) is 0. The summed E-state index contributed by atoms with van der Waals surface area (Å²) in [4.78, 5) is 0. The van der Waals surface area contributed by atoms with E-state index in [4.69, 9.17) is 9.47 Å². The third-order valence-electron chi connectivity index (χ3n) is 1.28. The molecule has 0 N–H and O–H groups in total. The molecule has 0 saturated carbocycles. The SMILES string of the molecule is F.c1ccc2c(c1)OCO2. The van der Waals surface area contributed by atoms with Crippen LogP contribution in [0, 0.1) is 0 Å². The van der Waals surface area contributed by atoms with E-state index in [9.17, 15) is 0 Å². The van der Waals surface area contributed by atoms with Gasteiger partial charge in [-0.05, 0) is 12.1 Å². The summed E-state index contributed by atoms with van der Waals surface area (Å²) in [6.45, 7) is 0.360. The maximum absolute atomic E-state index is 5.08. The Kier molecular flexibility index (Phi) is 1.76. The quantitative estimate of drug-likeness (QED) is 0.547. The van der Waals surface area contributed by atoms with E-state index in [2.05, 4.69) is 0 Å². The molecule has 0 saturated heterocycles. The van der Waals surface area contributed by atoms with Gasteiger partial charge in [0.05, 0.1) is 0 Å². The molecule has 2 rings (SSSR count). The molecule has 0 spiro atoms. The third kappa shape index (κ3) is 0.900. The number of rotatable bonds is 0. The van der Waals surface area contributed by atoms with Crippen molar-refractivity contribution >= 4 is 0 Å². The largest absolute Gasteiger partial charge is 0.454 e. The van der Waals surface area contributed by atoms with Gasteiger partial charge in [-0.1, -0.05) is 12.1 Å². The van der Waals surface area contributed by atoms with Crippen molar-refractivity contribution in [1.29, 1.82) is 0 Å². The molecule has 0 unspecified atom stereocenters. The Morgan fingerprint density at radius 1 is 1.00 bits per heavy atom. The number of benzene rings is 1. The zero-order chi connectivity index (χ0) is 6.10. The summed E-state index contributed by atoms with van der Waals surface area (Å²) < 4.78 is 10.2. The van der Waals surface area contributed by atoms with Gasteiger partial charge < -0.3 is 9.47 Å². The Labute approximate surface area is 57.7 Å². The third-order valence-corrected chi connectivity index (χ3v) is 1.28. The first-order valence-corrected chi connectivity index (χ1v) is 2.81. The molecule has 1 aromatic rings. The minimum atomic E-state index is 0. The van der Waals surface area contributed by atoms with E-state index in [1.807, 2.05) is 24.3 Å². The zero-order valence-corrected chi connectivity index (χ0v) is 5.24. The van der Waals surface area contributed by atoms with Gasteiger partial charge in [-0.3, -0.25) is 4.70 Å². The number of hydrogen-bond acceptors (Lipinski definition) is 2. The normalized spacial score (nSPS) is 12.4. The Morgan fingerprint density at radius 2 is 1.50 bits per heavy atom. The molecule has 1 aliphatic heterocycles. The molecule has 2 nitrogen and oxygen atoms in total. The molecule has 0 amide bonds. The van der Waals surface area contributed by atoms with Crippen molar-refractivity contribution in [3.8, 4) is 11.5 Å². The Balaban J connectivity index is 0.000000500. The van der Waals surface area contributed by atoms with Crippen LogP contribution in [0.15, 0.2) is 24.3 Å². The van der Waals surface area contributed by atoms with Gasteiger partial charge in [-0.25, -0.2) is 0 Å². The van der Waals surface area contributed by atoms with Gasteiger partial charge in [-0.15, -0.1) is 0 Å². The van der Waals surface area contributed by atoms with E-state index >= 15 is 0 Å². The lowest BCUT2D eigenvalue weighted by atomic mass is 10.3. The second kappa shape index (κ2) is 2.56. The predicted octanol–water partition coefficient (Wildman–Crippen LogP) is 1.57. The topological polar surface area (TPSA) is 18.5 Å².